The van der Waals surface area contributed by atoms with E-state index in [0.29, 0.717) is 0 Å². The topological polar surface area (TPSA) is 90.3 Å². The van der Waals surface area contributed by atoms with Crippen LogP contribution in [0.3, 0.4) is 0 Å². The first-order chi connectivity index (χ1) is 14.7. The van der Waals surface area contributed by atoms with Gasteiger partial charge < -0.3 is 19.8 Å². The number of nitrogens with zero attached hydrogens (tertiary/aromatic N) is 2. The van der Waals surface area contributed by atoms with Gasteiger partial charge in [0.15, 0.2) is 0 Å². The summed E-state index contributed by atoms with van der Waals surface area (Å²) in [5, 5.41) is 14.8. The summed E-state index contributed by atoms with van der Waals surface area (Å²) in [7, 11) is 2.19. The molecule has 2 N–H and O–H groups in total. The van der Waals surface area contributed by atoms with Crippen LogP contribution < -0.4 is 4.74 Å². The number of piperazine rings is 1. The first-order valence-corrected chi connectivity index (χ1v) is 10.4. The normalized spacial score (nSPS) is 14.9. The molecular formula is C24H32N2O5. The van der Waals surface area contributed by atoms with Gasteiger partial charge in [-0.2, -0.15) is 0 Å². The maximum absolute atomic E-state index is 9.10. The van der Waals surface area contributed by atoms with Crippen molar-refractivity contribution in [1.29, 1.82) is 0 Å². The lowest BCUT2D eigenvalue weighted by molar-refractivity contribution is -0.159. The number of hydrogen-bond donors (Lipinski definition) is 2. The fraction of sp³-hybridized carbons (Fsp3) is 0.417. The smallest absolute Gasteiger partial charge is 0.414 e. The zero-order chi connectivity index (χ0) is 22.9. The molecule has 1 aliphatic heterocycles. The monoisotopic (exact) mass is 428 g/mol. The van der Waals surface area contributed by atoms with Crippen LogP contribution in [0.2, 0.25) is 0 Å². The molecule has 0 spiro atoms. The minimum absolute atomic E-state index is 0.000379. The molecule has 0 radical (unpaired) electrons. The van der Waals surface area contributed by atoms with E-state index < -0.39 is 11.9 Å². The molecule has 31 heavy (non-hydrogen) atoms. The van der Waals surface area contributed by atoms with Crippen LogP contribution in [0.1, 0.15) is 25.0 Å². The Hall–Kier alpha value is -2.90. The van der Waals surface area contributed by atoms with Crippen LogP contribution in [0, 0.1) is 0 Å². The number of benzene rings is 2. The summed E-state index contributed by atoms with van der Waals surface area (Å²) < 4.78 is 5.95. The third-order valence-electron chi connectivity index (χ3n) is 5.53. The Morgan fingerprint density at radius 2 is 1.39 bits per heavy atom. The fourth-order valence-corrected chi connectivity index (χ4v) is 3.35. The lowest BCUT2D eigenvalue weighted by atomic mass is 9.78. The van der Waals surface area contributed by atoms with Gasteiger partial charge in [0.25, 0.3) is 0 Å². The van der Waals surface area contributed by atoms with Gasteiger partial charge in [-0.1, -0.05) is 56.3 Å². The number of carboxylic acid groups (broad SMARTS) is 2. The molecule has 1 aliphatic rings. The van der Waals surface area contributed by atoms with E-state index in [0.717, 1.165) is 45.1 Å². The number of carbonyl (C=O) groups is 2. The average Bonchev–Trinajstić information content (AvgIpc) is 2.76. The Bertz CT molecular complexity index is 817. The van der Waals surface area contributed by atoms with Gasteiger partial charge in [-0.3, -0.25) is 4.90 Å². The minimum atomic E-state index is -1.82. The Kier molecular flexibility index (Phi) is 9.03. The van der Waals surface area contributed by atoms with Crippen molar-refractivity contribution in [1.82, 2.24) is 9.80 Å². The van der Waals surface area contributed by atoms with E-state index >= 15 is 0 Å². The van der Waals surface area contributed by atoms with Gasteiger partial charge >= 0.3 is 11.9 Å². The van der Waals surface area contributed by atoms with Crippen molar-refractivity contribution >= 4 is 11.9 Å². The molecule has 7 nitrogen and oxygen atoms in total. The number of likely N-dealkylation sites (N-methyl/N-ethyl adjacent to an activating group) is 1. The standard InChI is InChI=1S/C22H30N2O.C2H2O4/c1-22(2,19-7-5-4-6-8-19)20-9-11-21(12-10-20)25-18-17-24-15-13-23(3)14-16-24;3-1(4)2(5)6/h4-12H,13-18H2,1-3H3;(H,3,4)(H,5,6). The molecule has 0 bridgehead atoms. The molecule has 2 aromatic carbocycles. The van der Waals surface area contributed by atoms with Crippen LogP contribution in [-0.4, -0.2) is 78.3 Å². The molecule has 0 aliphatic carbocycles. The largest absolute Gasteiger partial charge is 0.492 e. The summed E-state index contributed by atoms with van der Waals surface area (Å²) in [6, 6.07) is 19.3. The molecule has 1 saturated heterocycles. The highest BCUT2D eigenvalue weighted by Crippen LogP contribution is 2.32. The van der Waals surface area contributed by atoms with Crippen LogP contribution in [0.5, 0.6) is 5.75 Å². The zero-order valence-corrected chi connectivity index (χ0v) is 18.5. The summed E-state index contributed by atoms with van der Waals surface area (Å²) in [4.78, 5) is 23.1. The zero-order valence-electron chi connectivity index (χ0n) is 18.5. The first kappa shape index (κ1) is 24.4. The predicted molar refractivity (Wildman–Crippen MR) is 120 cm³/mol. The molecule has 0 atom stereocenters. The highest BCUT2D eigenvalue weighted by atomic mass is 16.5. The highest BCUT2D eigenvalue weighted by Gasteiger charge is 2.22. The minimum Gasteiger partial charge on any atom is -0.492 e. The Labute approximate surface area is 183 Å². The van der Waals surface area contributed by atoms with E-state index in [1.54, 1.807) is 0 Å². The summed E-state index contributed by atoms with van der Waals surface area (Å²) in [6.45, 7) is 10.9. The Balaban J connectivity index is 0.000000501. The lowest BCUT2D eigenvalue weighted by Gasteiger charge is -2.32. The number of carboxylic acids is 2. The molecule has 0 unspecified atom stereocenters. The number of aliphatic carboxylic acids is 2. The van der Waals surface area contributed by atoms with Gasteiger partial charge in [0.1, 0.15) is 12.4 Å². The summed E-state index contributed by atoms with van der Waals surface area (Å²) in [5.41, 5.74) is 2.64. The van der Waals surface area contributed by atoms with Crippen molar-refractivity contribution in [2.45, 2.75) is 19.3 Å². The van der Waals surface area contributed by atoms with E-state index in [1.807, 2.05) is 0 Å². The van der Waals surface area contributed by atoms with Gasteiger partial charge in [0.2, 0.25) is 0 Å². The van der Waals surface area contributed by atoms with Gasteiger partial charge in [-0.05, 0) is 30.3 Å². The van der Waals surface area contributed by atoms with E-state index in [2.05, 4.69) is 85.3 Å². The van der Waals surface area contributed by atoms with E-state index in [9.17, 15) is 0 Å². The van der Waals surface area contributed by atoms with Crippen molar-refractivity contribution in [2.24, 2.45) is 0 Å². The molecule has 0 amide bonds. The molecule has 3 rings (SSSR count). The van der Waals surface area contributed by atoms with Crippen molar-refractivity contribution in [3.8, 4) is 5.75 Å². The number of rotatable bonds is 6. The maximum atomic E-state index is 9.10. The molecule has 1 heterocycles. The lowest BCUT2D eigenvalue weighted by Crippen LogP contribution is -2.45. The highest BCUT2D eigenvalue weighted by molar-refractivity contribution is 6.27. The maximum Gasteiger partial charge on any atom is 0.414 e. The second-order valence-electron chi connectivity index (χ2n) is 8.12. The predicted octanol–water partition coefficient (Wildman–Crippen LogP) is 2.79. The quantitative estimate of drug-likeness (QED) is 0.684. The van der Waals surface area contributed by atoms with E-state index in [4.69, 9.17) is 24.5 Å². The summed E-state index contributed by atoms with van der Waals surface area (Å²) in [5.74, 6) is -2.69. The second-order valence-corrected chi connectivity index (χ2v) is 8.12. The van der Waals surface area contributed by atoms with E-state index in [-0.39, 0.29) is 5.41 Å². The summed E-state index contributed by atoms with van der Waals surface area (Å²) >= 11 is 0. The van der Waals surface area contributed by atoms with Crippen LogP contribution in [0.15, 0.2) is 54.6 Å². The molecule has 7 heteroatoms. The molecule has 1 fully saturated rings. The van der Waals surface area contributed by atoms with Crippen LogP contribution >= 0.6 is 0 Å². The Morgan fingerprint density at radius 3 is 1.90 bits per heavy atom. The summed E-state index contributed by atoms with van der Waals surface area (Å²) in [6.07, 6.45) is 0. The number of ether oxygens (including phenoxy) is 1. The molecular weight excluding hydrogens is 396 g/mol. The van der Waals surface area contributed by atoms with Crippen LogP contribution in [-0.2, 0) is 15.0 Å². The molecule has 2 aromatic rings. The van der Waals surface area contributed by atoms with Crippen molar-refractivity contribution in [3.63, 3.8) is 0 Å². The third-order valence-corrected chi connectivity index (χ3v) is 5.53. The van der Waals surface area contributed by atoms with Gasteiger partial charge in [0, 0.05) is 38.1 Å². The van der Waals surface area contributed by atoms with Gasteiger partial charge in [-0.25, -0.2) is 9.59 Å². The SMILES string of the molecule is CN1CCN(CCOc2ccc(C(C)(C)c3ccccc3)cc2)CC1.O=C(O)C(=O)O. The average molecular weight is 429 g/mol. The van der Waals surface area contributed by atoms with Crippen LogP contribution in [0.25, 0.3) is 0 Å². The molecule has 168 valence electrons. The number of hydrogen-bond acceptors (Lipinski definition) is 5. The van der Waals surface area contributed by atoms with Crippen molar-refractivity contribution in [2.75, 3.05) is 46.4 Å². The van der Waals surface area contributed by atoms with E-state index in [1.165, 1.54) is 11.1 Å². The van der Waals surface area contributed by atoms with Gasteiger partial charge in [-0.15, -0.1) is 0 Å². The van der Waals surface area contributed by atoms with Crippen molar-refractivity contribution < 1.29 is 24.5 Å². The first-order valence-electron chi connectivity index (χ1n) is 10.4. The third kappa shape index (κ3) is 7.70. The molecule has 0 saturated carbocycles. The van der Waals surface area contributed by atoms with Gasteiger partial charge in [0.05, 0.1) is 0 Å². The Morgan fingerprint density at radius 1 is 0.871 bits per heavy atom. The fourth-order valence-electron chi connectivity index (χ4n) is 3.35. The second kappa shape index (κ2) is 11.5. The molecule has 0 aromatic heterocycles. The van der Waals surface area contributed by atoms with Crippen molar-refractivity contribution in [3.05, 3.63) is 65.7 Å². The van der Waals surface area contributed by atoms with Crippen LogP contribution in [0.4, 0.5) is 0 Å².